The Bertz CT molecular complexity index is 253. The van der Waals surface area contributed by atoms with Crippen LogP contribution >= 0.6 is 0 Å². The van der Waals surface area contributed by atoms with Crippen molar-refractivity contribution in [2.24, 2.45) is 0 Å². The highest BCUT2D eigenvalue weighted by Gasteiger charge is 2.00. The fourth-order valence-electron chi connectivity index (χ4n) is 0.929. The molecule has 1 nitrogen and oxygen atoms in total. The monoisotopic (exact) mass is 147 g/mol. The van der Waals surface area contributed by atoms with Crippen LogP contribution in [0.15, 0.2) is 31.0 Å². The summed E-state index contributed by atoms with van der Waals surface area (Å²) < 4.78 is 0. The van der Waals surface area contributed by atoms with Gasteiger partial charge in [-0.2, -0.15) is 0 Å². The summed E-state index contributed by atoms with van der Waals surface area (Å²) in [5.41, 5.74) is 2.35. The zero-order chi connectivity index (χ0) is 8.27. The Morgan fingerprint density at radius 1 is 1.64 bits per heavy atom. The second-order valence-corrected chi connectivity index (χ2v) is 2.78. The van der Waals surface area contributed by atoms with Crippen LogP contribution in [0.5, 0.6) is 0 Å². The van der Waals surface area contributed by atoms with Gasteiger partial charge in [0.15, 0.2) is 0 Å². The molecule has 0 amide bonds. The molecule has 0 aromatic carbocycles. The summed E-state index contributed by atoms with van der Waals surface area (Å²) in [7, 11) is 0. The number of aryl methyl sites for hydroxylation is 1. The normalized spacial score (nSPS) is 12.5. The van der Waals surface area contributed by atoms with Crippen LogP contribution in [0.2, 0.25) is 0 Å². The molecule has 0 saturated carbocycles. The number of hydrogen-bond acceptors (Lipinski definition) is 1. The van der Waals surface area contributed by atoms with Crippen LogP contribution in [0.4, 0.5) is 0 Å². The third kappa shape index (κ3) is 1.90. The molecule has 0 N–H and O–H groups in total. The molecule has 1 atom stereocenters. The molecule has 1 heteroatoms. The molecular formula is C10H13N. The molecule has 1 rings (SSSR count). The smallest absolute Gasteiger partial charge is 0.0471 e. The van der Waals surface area contributed by atoms with Crippen molar-refractivity contribution in [3.8, 4) is 0 Å². The van der Waals surface area contributed by atoms with Gasteiger partial charge in [0.2, 0.25) is 0 Å². The molecular weight excluding hydrogens is 134 g/mol. The summed E-state index contributed by atoms with van der Waals surface area (Å²) in [5.74, 6) is 0.356. The van der Waals surface area contributed by atoms with Gasteiger partial charge in [0, 0.05) is 17.8 Å². The molecule has 1 aromatic rings. The lowest BCUT2D eigenvalue weighted by atomic mass is 10.1. The molecule has 0 spiro atoms. The lowest BCUT2D eigenvalue weighted by Crippen LogP contribution is -1.92. The molecule has 0 aliphatic carbocycles. The average Bonchev–Trinajstić information content (AvgIpc) is 2.03. The van der Waals surface area contributed by atoms with Crippen LogP contribution in [0.3, 0.4) is 0 Å². The quantitative estimate of drug-likeness (QED) is 0.586. The Labute approximate surface area is 67.8 Å². The highest BCUT2D eigenvalue weighted by molar-refractivity contribution is 5.19. The minimum Gasteiger partial charge on any atom is -0.261 e. The van der Waals surface area contributed by atoms with Crippen molar-refractivity contribution < 1.29 is 0 Å². The van der Waals surface area contributed by atoms with Gasteiger partial charge in [0.05, 0.1) is 0 Å². The largest absolute Gasteiger partial charge is 0.261 e. The van der Waals surface area contributed by atoms with Crippen LogP contribution in [0, 0.1) is 6.92 Å². The van der Waals surface area contributed by atoms with Crippen molar-refractivity contribution in [1.82, 2.24) is 4.98 Å². The van der Waals surface area contributed by atoms with Gasteiger partial charge < -0.3 is 0 Å². The molecule has 58 valence electrons. The van der Waals surface area contributed by atoms with E-state index in [1.807, 2.05) is 18.3 Å². The standard InChI is InChI=1S/C10H13N/c1-4-9(3)10-7-8(2)5-6-11-10/h4-7,9H,1H2,2-3H3/t9-/m1/s1. The van der Waals surface area contributed by atoms with Crippen molar-refractivity contribution in [1.29, 1.82) is 0 Å². The highest BCUT2D eigenvalue weighted by Crippen LogP contribution is 2.13. The maximum absolute atomic E-state index is 4.24. The van der Waals surface area contributed by atoms with Crippen molar-refractivity contribution in [2.45, 2.75) is 19.8 Å². The van der Waals surface area contributed by atoms with Gasteiger partial charge in [-0.15, -0.1) is 6.58 Å². The van der Waals surface area contributed by atoms with Crippen LogP contribution in [0.25, 0.3) is 0 Å². The minimum absolute atomic E-state index is 0.356. The predicted molar refractivity (Wildman–Crippen MR) is 47.6 cm³/mol. The van der Waals surface area contributed by atoms with E-state index in [-0.39, 0.29) is 0 Å². The summed E-state index contributed by atoms with van der Waals surface area (Å²) in [5, 5.41) is 0. The first-order chi connectivity index (χ1) is 5.24. The second-order valence-electron chi connectivity index (χ2n) is 2.78. The van der Waals surface area contributed by atoms with Gasteiger partial charge in [-0.3, -0.25) is 4.98 Å². The average molecular weight is 147 g/mol. The van der Waals surface area contributed by atoms with Gasteiger partial charge in [-0.05, 0) is 24.6 Å². The van der Waals surface area contributed by atoms with Crippen molar-refractivity contribution in [3.63, 3.8) is 0 Å². The number of nitrogens with zero attached hydrogens (tertiary/aromatic N) is 1. The zero-order valence-electron chi connectivity index (χ0n) is 7.04. The first-order valence-electron chi connectivity index (χ1n) is 3.79. The van der Waals surface area contributed by atoms with E-state index < -0.39 is 0 Å². The number of allylic oxidation sites excluding steroid dienone is 1. The van der Waals surface area contributed by atoms with E-state index in [2.05, 4.69) is 31.5 Å². The number of hydrogen-bond donors (Lipinski definition) is 0. The maximum Gasteiger partial charge on any atom is 0.0471 e. The first kappa shape index (κ1) is 7.99. The zero-order valence-corrected chi connectivity index (χ0v) is 7.04. The van der Waals surface area contributed by atoms with Crippen molar-refractivity contribution >= 4 is 0 Å². The number of aromatic nitrogens is 1. The molecule has 0 unspecified atom stereocenters. The Morgan fingerprint density at radius 2 is 2.36 bits per heavy atom. The van der Waals surface area contributed by atoms with E-state index in [0.717, 1.165) is 5.69 Å². The highest BCUT2D eigenvalue weighted by atomic mass is 14.7. The SMILES string of the molecule is C=C[C@@H](C)c1cc(C)ccn1. The van der Waals surface area contributed by atoms with Gasteiger partial charge in [0.1, 0.15) is 0 Å². The fourth-order valence-corrected chi connectivity index (χ4v) is 0.929. The molecule has 0 radical (unpaired) electrons. The van der Waals surface area contributed by atoms with E-state index in [1.54, 1.807) is 0 Å². The van der Waals surface area contributed by atoms with E-state index in [0.29, 0.717) is 5.92 Å². The molecule has 0 bridgehead atoms. The number of rotatable bonds is 2. The van der Waals surface area contributed by atoms with E-state index >= 15 is 0 Å². The Kier molecular flexibility index (Phi) is 2.42. The molecule has 0 aliphatic heterocycles. The Hall–Kier alpha value is -1.11. The molecule has 1 aromatic heterocycles. The third-order valence-electron chi connectivity index (χ3n) is 1.76. The predicted octanol–water partition coefficient (Wildman–Crippen LogP) is 2.68. The third-order valence-corrected chi connectivity index (χ3v) is 1.76. The fraction of sp³-hybridized carbons (Fsp3) is 0.300. The summed E-state index contributed by atoms with van der Waals surface area (Å²) in [6.45, 7) is 7.89. The van der Waals surface area contributed by atoms with Crippen LogP contribution in [0.1, 0.15) is 24.1 Å². The molecule has 0 aliphatic rings. The molecule has 11 heavy (non-hydrogen) atoms. The summed E-state index contributed by atoms with van der Waals surface area (Å²) in [4.78, 5) is 4.24. The van der Waals surface area contributed by atoms with E-state index in [9.17, 15) is 0 Å². The second kappa shape index (κ2) is 3.33. The van der Waals surface area contributed by atoms with E-state index in [4.69, 9.17) is 0 Å². The molecule has 0 fully saturated rings. The Balaban J connectivity index is 2.95. The molecule has 0 saturated heterocycles. The summed E-state index contributed by atoms with van der Waals surface area (Å²) in [6, 6.07) is 4.09. The van der Waals surface area contributed by atoms with Crippen molar-refractivity contribution in [2.75, 3.05) is 0 Å². The van der Waals surface area contributed by atoms with Crippen molar-refractivity contribution in [3.05, 3.63) is 42.2 Å². The molecule has 1 heterocycles. The maximum atomic E-state index is 4.24. The first-order valence-corrected chi connectivity index (χ1v) is 3.79. The van der Waals surface area contributed by atoms with E-state index in [1.165, 1.54) is 5.56 Å². The lowest BCUT2D eigenvalue weighted by molar-refractivity contribution is 0.905. The number of pyridine rings is 1. The topological polar surface area (TPSA) is 12.9 Å². The summed E-state index contributed by atoms with van der Waals surface area (Å²) in [6.07, 6.45) is 3.74. The minimum atomic E-state index is 0.356. The van der Waals surface area contributed by atoms with Gasteiger partial charge >= 0.3 is 0 Å². The summed E-state index contributed by atoms with van der Waals surface area (Å²) >= 11 is 0. The van der Waals surface area contributed by atoms with Crippen LogP contribution in [-0.2, 0) is 0 Å². The van der Waals surface area contributed by atoms with Crippen LogP contribution in [-0.4, -0.2) is 4.98 Å². The van der Waals surface area contributed by atoms with Gasteiger partial charge in [-0.1, -0.05) is 13.0 Å². The lowest BCUT2D eigenvalue weighted by Gasteiger charge is -2.04. The van der Waals surface area contributed by atoms with Crippen LogP contribution < -0.4 is 0 Å². The van der Waals surface area contributed by atoms with Gasteiger partial charge in [-0.25, -0.2) is 0 Å². The van der Waals surface area contributed by atoms with Gasteiger partial charge in [0.25, 0.3) is 0 Å². The Morgan fingerprint density at radius 3 is 2.91 bits per heavy atom.